The highest BCUT2D eigenvalue weighted by Crippen LogP contribution is 2.22. The summed E-state index contributed by atoms with van der Waals surface area (Å²) in [5.74, 6) is 0. The molecule has 0 radical (unpaired) electrons. The standard InChI is InChI=1S/C12H23N.C10H11N.C10H19N.C8H11N.C8H15N.C6H11N/c1-3-5-9-13(10-6-4-2)11-12-7-8-12;1-2-4-10(5-3-1)11-8-9-6-7-9;1-3-7-11(8-4-2)9-10-5-6-10;1-2-7(1)5-9-6-8-3-4-8;1-3-9(4-2)7-8-5-6-8;1-7(2)5-6-3-4-6/h7H,3-6,8-11H2,1-2H3;1-6,11H,7-8H2;5H,3-4,6-9H2,1-2H3;1,3,9H,2,4-6H2;5H,3-4,6-7H2,1-2H3;3H,4-5H2,1-2H3. The summed E-state index contributed by atoms with van der Waals surface area (Å²) in [6, 6.07) is 10.3. The molecule has 0 saturated heterocycles. The van der Waals surface area contributed by atoms with E-state index < -0.39 is 0 Å². The largest absolute Gasteiger partial charge is 0.381 e. The monoisotopic (exact) mass is 823 g/mol. The molecule has 0 fully saturated rings. The molecule has 0 unspecified atom stereocenters. The van der Waals surface area contributed by atoms with E-state index in [0.29, 0.717) is 0 Å². The van der Waals surface area contributed by atoms with E-state index in [2.05, 4.69) is 141 Å². The van der Waals surface area contributed by atoms with Crippen LogP contribution in [0.3, 0.4) is 0 Å². The maximum absolute atomic E-state index is 3.37. The Labute approximate surface area is 370 Å². The molecule has 336 valence electrons. The summed E-state index contributed by atoms with van der Waals surface area (Å²) in [5.41, 5.74) is 12.4. The van der Waals surface area contributed by atoms with E-state index in [1.165, 1.54) is 160 Å². The lowest BCUT2D eigenvalue weighted by atomic mass is 10.2. The zero-order valence-corrected chi connectivity index (χ0v) is 40.1. The number of nitrogens with zero attached hydrogens (tertiary/aromatic N) is 4. The molecule has 0 amide bonds. The average Bonchev–Trinajstić information content (AvgIpc) is 4.04. The van der Waals surface area contributed by atoms with Gasteiger partial charge in [-0.05, 0) is 136 Å². The van der Waals surface area contributed by atoms with Crippen molar-refractivity contribution in [3.63, 3.8) is 0 Å². The highest BCUT2D eigenvalue weighted by molar-refractivity contribution is 5.45. The molecule has 1 aromatic carbocycles. The minimum atomic E-state index is 1.02. The second-order valence-electron chi connectivity index (χ2n) is 17.7. The number of unbranched alkanes of at least 4 members (excludes halogenated alkanes) is 2. The number of benzene rings is 1. The van der Waals surface area contributed by atoms with Gasteiger partial charge in [0.05, 0.1) is 0 Å². The van der Waals surface area contributed by atoms with Gasteiger partial charge in [0.2, 0.25) is 0 Å². The molecule has 7 aliphatic rings. The van der Waals surface area contributed by atoms with Crippen LogP contribution < -0.4 is 10.6 Å². The molecule has 60 heavy (non-hydrogen) atoms. The maximum atomic E-state index is 3.37. The summed E-state index contributed by atoms with van der Waals surface area (Å²) >= 11 is 0. The number of likely N-dealkylation sites (N-methyl/N-ethyl adjacent to an activating group) is 2. The average molecular weight is 823 g/mol. The fourth-order valence-corrected chi connectivity index (χ4v) is 6.26. The van der Waals surface area contributed by atoms with Gasteiger partial charge in [-0.3, -0.25) is 14.7 Å². The number of hydrogen-bond donors (Lipinski definition) is 2. The van der Waals surface area contributed by atoms with Crippen molar-refractivity contribution in [2.75, 3.05) is 104 Å². The molecule has 2 N–H and O–H groups in total. The second-order valence-corrected chi connectivity index (χ2v) is 17.7. The van der Waals surface area contributed by atoms with E-state index >= 15 is 0 Å². The third-order valence-corrected chi connectivity index (χ3v) is 10.9. The fourth-order valence-electron chi connectivity index (χ4n) is 6.26. The van der Waals surface area contributed by atoms with Crippen LogP contribution in [0.1, 0.15) is 125 Å². The van der Waals surface area contributed by atoms with Crippen LogP contribution in [0.2, 0.25) is 0 Å². The van der Waals surface area contributed by atoms with Gasteiger partial charge in [0.1, 0.15) is 0 Å². The van der Waals surface area contributed by atoms with Gasteiger partial charge in [0.15, 0.2) is 0 Å². The summed E-state index contributed by atoms with van der Waals surface area (Å²) in [7, 11) is 4.19. The highest BCUT2D eigenvalue weighted by atomic mass is 15.1. The normalized spacial score (nSPS) is 16.2. The van der Waals surface area contributed by atoms with Gasteiger partial charge in [-0.25, -0.2) is 0 Å². The van der Waals surface area contributed by atoms with Gasteiger partial charge in [0.25, 0.3) is 0 Å². The predicted octanol–water partition coefficient (Wildman–Crippen LogP) is 11.9. The van der Waals surface area contributed by atoms with Crippen molar-refractivity contribution in [3.8, 4) is 0 Å². The Balaban J connectivity index is 0.000000194. The first-order valence-corrected chi connectivity index (χ1v) is 24.3. The molecule has 0 atom stereocenters. The molecule has 0 aromatic heterocycles. The van der Waals surface area contributed by atoms with Crippen LogP contribution in [-0.2, 0) is 0 Å². The molecule has 0 heterocycles. The molecule has 8 rings (SSSR count). The number of rotatable bonds is 27. The van der Waals surface area contributed by atoms with Crippen molar-refractivity contribution in [2.45, 2.75) is 125 Å². The van der Waals surface area contributed by atoms with E-state index in [4.69, 9.17) is 0 Å². The third-order valence-electron chi connectivity index (χ3n) is 10.9. The molecular formula is C54H90N6. The quantitative estimate of drug-likeness (QED) is 0.0861. The first kappa shape index (κ1) is 51.4. The lowest BCUT2D eigenvalue weighted by molar-refractivity contribution is 0.288. The van der Waals surface area contributed by atoms with Crippen molar-refractivity contribution in [2.24, 2.45) is 0 Å². The number of nitrogens with one attached hydrogen (secondary N) is 2. The van der Waals surface area contributed by atoms with E-state index in [-0.39, 0.29) is 0 Å². The summed E-state index contributed by atoms with van der Waals surface area (Å²) in [5, 5.41) is 6.71. The zero-order valence-electron chi connectivity index (χ0n) is 40.1. The van der Waals surface area contributed by atoms with Crippen molar-refractivity contribution >= 4 is 5.69 Å². The van der Waals surface area contributed by atoms with Crippen LogP contribution in [0.5, 0.6) is 0 Å². The number of para-hydroxylation sites is 1. The van der Waals surface area contributed by atoms with Crippen molar-refractivity contribution in [3.05, 3.63) is 112 Å². The van der Waals surface area contributed by atoms with Gasteiger partial charge in [-0.2, -0.15) is 0 Å². The van der Waals surface area contributed by atoms with Crippen LogP contribution in [0.25, 0.3) is 0 Å². The van der Waals surface area contributed by atoms with E-state index in [1.807, 2.05) is 18.2 Å². The molecule has 0 spiro atoms. The molecule has 1 aromatic rings. The SMILES string of the molecule is C1=C(CNCC2=CC2)C1.C1=C(CNc2ccccc2)C1.CCCCN(CCCC)CC1=CC1.CCCN(CCC)CC1=CC1.CCN(CC)CC1=CC1.CN(C)CC1=CC1. The van der Waals surface area contributed by atoms with Gasteiger partial charge in [0, 0.05) is 51.5 Å². The molecule has 0 saturated carbocycles. The van der Waals surface area contributed by atoms with E-state index in [9.17, 15) is 0 Å². The third kappa shape index (κ3) is 31.8. The summed E-state index contributed by atoms with van der Waals surface area (Å²) < 4.78 is 0. The minimum absolute atomic E-state index is 1.02. The molecular weight excluding hydrogens is 733 g/mol. The van der Waals surface area contributed by atoms with Gasteiger partial charge < -0.3 is 15.5 Å². The van der Waals surface area contributed by atoms with Crippen LogP contribution >= 0.6 is 0 Å². The van der Waals surface area contributed by atoms with Crippen molar-refractivity contribution < 1.29 is 0 Å². The van der Waals surface area contributed by atoms with E-state index in [0.717, 1.165) is 19.6 Å². The number of hydrogen-bond acceptors (Lipinski definition) is 6. The van der Waals surface area contributed by atoms with E-state index in [1.54, 1.807) is 33.4 Å². The Morgan fingerprint density at radius 3 is 1.12 bits per heavy atom. The van der Waals surface area contributed by atoms with Crippen LogP contribution in [-0.4, -0.2) is 119 Å². The molecule has 7 aliphatic carbocycles. The molecule has 0 aliphatic heterocycles. The Bertz CT molecular complexity index is 1490. The maximum Gasteiger partial charge on any atom is 0.0363 e. The first-order valence-electron chi connectivity index (χ1n) is 24.3. The number of allylic oxidation sites excluding steroid dienone is 7. The number of anilines is 1. The predicted molar refractivity (Wildman–Crippen MR) is 266 cm³/mol. The first-order chi connectivity index (χ1) is 29.3. The topological polar surface area (TPSA) is 37.0 Å². The summed E-state index contributed by atoms with van der Waals surface area (Å²) in [4.78, 5) is 9.81. The summed E-state index contributed by atoms with van der Waals surface area (Å²) in [6.07, 6.45) is 32.8. The fraction of sp³-hybridized carbons (Fsp3) is 0.630. The van der Waals surface area contributed by atoms with Crippen molar-refractivity contribution in [1.29, 1.82) is 0 Å². The second kappa shape index (κ2) is 31.8. The van der Waals surface area contributed by atoms with Gasteiger partial charge in [-0.15, -0.1) is 0 Å². The van der Waals surface area contributed by atoms with Crippen LogP contribution in [0.4, 0.5) is 5.69 Å². The van der Waals surface area contributed by atoms with Crippen LogP contribution in [0.15, 0.2) is 112 Å². The lowest BCUT2D eigenvalue weighted by Crippen LogP contribution is -2.26. The minimum Gasteiger partial charge on any atom is -0.381 e. The molecule has 6 heteroatoms. The molecule has 6 nitrogen and oxygen atoms in total. The highest BCUT2D eigenvalue weighted by Gasteiger charge is 2.14. The van der Waals surface area contributed by atoms with Gasteiger partial charge in [-0.1, -0.05) is 154 Å². The Hall–Kier alpha value is -3.00. The van der Waals surface area contributed by atoms with Crippen LogP contribution in [0, 0.1) is 0 Å². The Morgan fingerprint density at radius 2 is 0.783 bits per heavy atom. The summed E-state index contributed by atoms with van der Waals surface area (Å²) in [6.45, 7) is 29.1. The Morgan fingerprint density at radius 1 is 0.417 bits per heavy atom. The van der Waals surface area contributed by atoms with Crippen molar-refractivity contribution in [1.82, 2.24) is 24.9 Å². The molecule has 0 bridgehead atoms. The Kier molecular flexibility index (Phi) is 27.2. The lowest BCUT2D eigenvalue weighted by Gasteiger charge is -2.20. The smallest absolute Gasteiger partial charge is 0.0363 e. The zero-order chi connectivity index (χ0) is 43.2. The van der Waals surface area contributed by atoms with Gasteiger partial charge >= 0.3 is 0 Å².